The van der Waals surface area contributed by atoms with Crippen molar-refractivity contribution in [3.63, 3.8) is 0 Å². The normalized spacial score (nSPS) is 10.7. The Labute approximate surface area is 114 Å². The molecule has 102 valence electrons. The first-order valence-corrected chi connectivity index (χ1v) is 6.78. The molecule has 5 nitrogen and oxygen atoms in total. The number of nitrogens with zero attached hydrogens (tertiary/aromatic N) is 4. The van der Waals surface area contributed by atoms with E-state index in [2.05, 4.69) is 41.2 Å². The lowest BCUT2D eigenvalue weighted by molar-refractivity contribution is 0.665. The third-order valence-corrected chi connectivity index (χ3v) is 3.06. The Kier molecular flexibility index (Phi) is 4.14. The molecule has 0 bridgehead atoms. The molecule has 0 aliphatic rings. The third kappa shape index (κ3) is 2.75. The predicted molar refractivity (Wildman–Crippen MR) is 77.2 cm³/mol. The van der Waals surface area contributed by atoms with Gasteiger partial charge < -0.3 is 5.32 Å². The van der Waals surface area contributed by atoms with Gasteiger partial charge in [0.2, 0.25) is 0 Å². The van der Waals surface area contributed by atoms with Crippen molar-refractivity contribution in [2.24, 2.45) is 0 Å². The number of aryl methyl sites for hydroxylation is 2. The predicted octanol–water partition coefficient (Wildman–Crippen LogP) is 2.80. The summed E-state index contributed by atoms with van der Waals surface area (Å²) >= 11 is 0. The quantitative estimate of drug-likeness (QED) is 0.897. The minimum atomic E-state index is 0.781. The number of hydrogen-bond acceptors (Lipinski definition) is 4. The van der Waals surface area contributed by atoms with Crippen LogP contribution in [0.1, 0.15) is 31.7 Å². The molecule has 0 saturated carbocycles. The van der Waals surface area contributed by atoms with Crippen molar-refractivity contribution in [1.29, 1.82) is 0 Å². The molecule has 2 rings (SSSR count). The van der Waals surface area contributed by atoms with Crippen molar-refractivity contribution in [2.45, 2.75) is 40.7 Å². The second-order valence-electron chi connectivity index (χ2n) is 4.55. The highest BCUT2D eigenvalue weighted by molar-refractivity contribution is 5.65. The number of hydrogen-bond donors (Lipinski definition) is 1. The fraction of sp³-hybridized carbons (Fsp3) is 0.500. The molecule has 0 atom stereocenters. The molecule has 0 aliphatic heterocycles. The fourth-order valence-electron chi connectivity index (χ4n) is 2.08. The van der Waals surface area contributed by atoms with Crippen molar-refractivity contribution in [3.8, 4) is 11.4 Å². The van der Waals surface area contributed by atoms with Gasteiger partial charge >= 0.3 is 0 Å². The van der Waals surface area contributed by atoms with Crippen molar-refractivity contribution >= 4 is 5.82 Å². The maximum Gasteiger partial charge on any atom is 0.133 e. The van der Waals surface area contributed by atoms with Crippen LogP contribution in [-0.2, 0) is 6.54 Å². The van der Waals surface area contributed by atoms with Gasteiger partial charge in [0.1, 0.15) is 11.6 Å². The number of nitrogens with one attached hydrogen (secondary N) is 1. The largest absolute Gasteiger partial charge is 0.370 e. The lowest BCUT2D eigenvalue weighted by Crippen LogP contribution is -2.09. The molecular formula is C14H21N5. The summed E-state index contributed by atoms with van der Waals surface area (Å²) < 4.78 is 1.96. The molecule has 0 aromatic carbocycles. The molecule has 0 radical (unpaired) electrons. The maximum atomic E-state index is 4.58. The Hall–Kier alpha value is -1.91. The zero-order valence-electron chi connectivity index (χ0n) is 12.1. The summed E-state index contributed by atoms with van der Waals surface area (Å²) in [5.41, 5.74) is 3.09. The van der Waals surface area contributed by atoms with Crippen LogP contribution in [-0.4, -0.2) is 26.3 Å². The van der Waals surface area contributed by atoms with Gasteiger partial charge in [-0.15, -0.1) is 0 Å². The Morgan fingerprint density at radius 2 is 2.00 bits per heavy atom. The van der Waals surface area contributed by atoms with Gasteiger partial charge in [-0.1, -0.05) is 6.92 Å². The minimum absolute atomic E-state index is 0.781. The Balaban J connectivity index is 2.48. The van der Waals surface area contributed by atoms with Crippen LogP contribution in [0.2, 0.25) is 0 Å². The van der Waals surface area contributed by atoms with Crippen LogP contribution in [0.15, 0.2) is 12.3 Å². The van der Waals surface area contributed by atoms with E-state index in [1.54, 1.807) is 0 Å². The molecule has 0 aliphatic carbocycles. The smallest absolute Gasteiger partial charge is 0.133 e. The lowest BCUT2D eigenvalue weighted by Gasteiger charge is -2.13. The average Bonchev–Trinajstić information content (AvgIpc) is 2.87. The standard InChI is InChI=1S/C14H21N5/c1-5-8-15-14-10(3)13(17-11(4)18-14)12-7-9-16-19(12)6-2/h7,9H,5-6,8H2,1-4H3,(H,15,17,18). The highest BCUT2D eigenvalue weighted by atomic mass is 15.3. The fourth-order valence-corrected chi connectivity index (χ4v) is 2.08. The van der Waals surface area contributed by atoms with Gasteiger partial charge in [-0.25, -0.2) is 9.97 Å². The van der Waals surface area contributed by atoms with Gasteiger partial charge in [-0.05, 0) is 33.3 Å². The second kappa shape index (κ2) is 5.82. The minimum Gasteiger partial charge on any atom is -0.370 e. The van der Waals surface area contributed by atoms with E-state index in [1.807, 2.05) is 23.9 Å². The third-order valence-electron chi connectivity index (χ3n) is 3.06. The molecule has 2 heterocycles. The van der Waals surface area contributed by atoms with Gasteiger partial charge in [0.05, 0.1) is 11.4 Å². The first-order valence-electron chi connectivity index (χ1n) is 6.78. The van der Waals surface area contributed by atoms with Crippen molar-refractivity contribution in [1.82, 2.24) is 19.7 Å². The molecule has 0 fully saturated rings. The molecule has 0 amide bonds. The molecule has 0 unspecified atom stereocenters. The van der Waals surface area contributed by atoms with E-state index in [0.29, 0.717) is 0 Å². The highest BCUT2D eigenvalue weighted by Crippen LogP contribution is 2.25. The van der Waals surface area contributed by atoms with Crippen LogP contribution in [0.3, 0.4) is 0 Å². The summed E-state index contributed by atoms with van der Waals surface area (Å²) in [5.74, 6) is 1.70. The van der Waals surface area contributed by atoms with E-state index in [1.165, 1.54) is 0 Å². The van der Waals surface area contributed by atoms with Crippen LogP contribution in [0.25, 0.3) is 11.4 Å². The van der Waals surface area contributed by atoms with Crippen molar-refractivity contribution < 1.29 is 0 Å². The molecule has 0 spiro atoms. The highest BCUT2D eigenvalue weighted by Gasteiger charge is 2.13. The number of anilines is 1. The molecule has 1 N–H and O–H groups in total. The summed E-state index contributed by atoms with van der Waals surface area (Å²) in [5, 5.41) is 7.67. The summed E-state index contributed by atoms with van der Waals surface area (Å²) in [4.78, 5) is 9.06. The maximum absolute atomic E-state index is 4.58. The lowest BCUT2D eigenvalue weighted by atomic mass is 10.1. The van der Waals surface area contributed by atoms with E-state index in [9.17, 15) is 0 Å². The van der Waals surface area contributed by atoms with E-state index < -0.39 is 0 Å². The van der Waals surface area contributed by atoms with Crippen molar-refractivity contribution in [3.05, 3.63) is 23.7 Å². The van der Waals surface area contributed by atoms with Crippen LogP contribution >= 0.6 is 0 Å². The molecule has 19 heavy (non-hydrogen) atoms. The molecule has 2 aromatic rings. The summed E-state index contributed by atoms with van der Waals surface area (Å²) in [6.45, 7) is 9.96. The van der Waals surface area contributed by atoms with E-state index in [0.717, 1.165) is 48.1 Å². The zero-order valence-corrected chi connectivity index (χ0v) is 12.1. The number of rotatable bonds is 5. The first-order chi connectivity index (χ1) is 9.17. The van der Waals surface area contributed by atoms with Crippen LogP contribution in [0, 0.1) is 13.8 Å². The Morgan fingerprint density at radius 1 is 1.21 bits per heavy atom. The molecular weight excluding hydrogens is 238 g/mol. The molecule has 5 heteroatoms. The zero-order chi connectivity index (χ0) is 13.8. The van der Waals surface area contributed by atoms with Gasteiger partial charge in [0, 0.05) is 24.8 Å². The van der Waals surface area contributed by atoms with Crippen LogP contribution in [0.4, 0.5) is 5.82 Å². The molecule has 2 aromatic heterocycles. The summed E-state index contributed by atoms with van der Waals surface area (Å²) in [6.07, 6.45) is 2.89. The van der Waals surface area contributed by atoms with E-state index in [-0.39, 0.29) is 0 Å². The van der Waals surface area contributed by atoms with Gasteiger partial charge in [-0.2, -0.15) is 5.10 Å². The number of aromatic nitrogens is 4. The van der Waals surface area contributed by atoms with E-state index in [4.69, 9.17) is 0 Å². The van der Waals surface area contributed by atoms with Gasteiger partial charge in [0.25, 0.3) is 0 Å². The SMILES string of the molecule is CCCNc1nc(C)nc(-c2ccnn2CC)c1C. The Bertz CT molecular complexity index is 559. The van der Waals surface area contributed by atoms with Crippen LogP contribution in [0.5, 0.6) is 0 Å². The Morgan fingerprint density at radius 3 is 2.68 bits per heavy atom. The van der Waals surface area contributed by atoms with Gasteiger partial charge in [0.15, 0.2) is 0 Å². The van der Waals surface area contributed by atoms with Crippen molar-refractivity contribution in [2.75, 3.05) is 11.9 Å². The first kappa shape index (κ1) is 13.5. The topological polar surface area (TPSA) is 55.6 Å². The van der Waals surface area contributed by atoms with Gasteiger partial charge in [-0.3, -0.25) is 4.68 Å². The van der Waals surface area contributed by atoms with Crippen LogP contribution < -0.4 is 5.32 Å². The average molecular weight is 259 g/mol. The molecule has 0 saturated heterocycles. The van der Waals surface area contributed by atoms with E-state index >= 15 is 0 Å². The summed E-state index contributed by atoms with van der Waals surface area (Å²) in [7, 11) is 0. The summed E-state index contributed by atoms with van der Waals surface area (Å²) in [6, 6.07) is 2.00. The second-order valence-corrected chi connectivity index (χ2v) is 4.55. The monoisotopic (exact) mass is 259 g/mol.